The predicted octanol–water partition coefficient (Wildman–Crippen LogP) is 1.74. The van der Waals surface area contributed by atoms with Gasteiger partial charge in [0, 0.05) is 13.1 Å². The van der Waals surface area contributed by atoms with E-state index in [0.29, 0.717) is 30.8 Å². The number of aliphatic hydroxyl groups excluding tert-OH is 1. The van der Waals surface area contributed by atoms with Gasteiger partial charge in [0.1, 0.15) is 0 Å². The summed E-state index contributed by atoms with van der Waals surface area (Å²) in [5.74, 6) is 1.40. The lowest BCUT2D eigenvalue weighted by molar-refractivity contribution is 0.121. The summed E-state index contributed by atoms with van der Waals surface area (Å²) in [5.41, 5.74) is -0.657. The molecule has 2 N–H and O–H groups in total. The third-order valence-corrected chi connectivity index (χ3v) is 6.72. The minimum atomic E-state index is -3.51. The van der Waals surface area contributed by atoms with Crippen LogP contribution in [-0.2, 0) is 10.2 Å². The molecule has 0 spiro atoms. The predicted molar refractivity (Wildman–Crippen MR) is 84.0 cm³/mol. The fourth-order valence-corrected chi connectivity index (χ4v) is 5.59. The fourth-order valence-electron chi connectivity index (χ4n) is 3.75. The number of nitrogens with zero attached hydrogens (tertiary/aromatic N) is 1. The van der Waals surface area contributed by atoms with Crippen LogP contribution in [0.1, 0.15) is 52.9 Å². The molecule has 0 aromatic heterocycles. The van der Waals surface area contributed by atoms with Crippen molar-refractivity contribution in [3.63, 3.8) is 0 Å². The van der Waals surface area contributed by atoms with E-state index >= 15 is 0 Å². The summed E-state index contributed by atoms with van der Waals surface area (Å²) in [4.78, 5) is 0. The van der Waals surface area contributed by atoms with E-state index in [-0.39, 0.29) is 6.61 Å². The van der Waals surface area contributed by atoms with E-state index in [2.05, 4.69) is 25.5 Å². The molecule has 21 heavy (non-hydrogen) atoms. The first kappa shape index (κ1) is 17.2. The second-order valence-corrected chi connectivity index (χ2v) is 9.16. The molecule has 1 aliphatic heterocycles. The van der Waals surface area contributed by atoms with Crippen LogP contribution in [0.15, 0.2) is 0 Å². The molecule has 124 valence electrons. The number of hydrogen-bond donors (Lipinski definition) is 2. The Morgan fingerprint density at radius 1 is 1.10 bits per heavy atom. The van der Waals surface area contributed by atoms with E-state index in [9.17, 15) is 13.5 Å². The standard InChI is InChI=1S/C15H30N2O3S/c1-12-4-6-15(11-18,7-5-12)16-21(19,20)17-9-13(2)8-14(3)10-17/h12-14,16,18H,4-11H2,1-3H3. The average molecular weight is 318 g/mol. The highest BCUT2D eigenvalue weighted by Crippen LogP contribution is 2.33. The van der Waals surface area contributed by atoms with E-state index in [0.717, 1.165) is 32.1 Å². The van der Waals surface area contributed by atoms with Crippen molar-refractivity contribution in [2.75, 3.05) is 19.7 Å². The molecule has 0 bridgehead atoms. The first-order valence-electron chi connectivity index (χ1n) is 8.16. The van der Waals surface area contributed by atoms with Gasteiger partial charge in [-0.15, -0.1) is 0 Å². The van der Waals surface area contributed by atoms with Crippen LogP contribution in [0.5, 0.6) is 0 Å². The van der Waals surface area contributed by atoms with Crippen molar-refractivity contribution < 1.29 is 13.5 Å². The Labute approximate surface area is 129 Å². The number of rotatable bonds is 4. The summed E-state index contributed by atoms with van der Waals surface area (Å²) in [6, 6.07) is 0. The Hall–Kier alpha value is -0.170. The highest BCUT2D eigenvalue weighted by molar-refractivity contribution is 7.87. The zero-order valence-corrected chi connectivity index (χ0v) is 14.3. The van der Waals surface area contributed by atoms with Gasteiger partial charge in [-0.1, -0.05) is 20.8 Å². The van der Waals surface area contributed by atoms with Crippen LogP contribution in [0.3, 0.4) is 0 Å². The number of aliphatic hydroxyl groups is 1. The third kappa shape index (κ3) is 4.18. The van der Waals surface area contributed by atoms with Crippen LogP contribution in [0.2, 0.25) is 0 Å². The molecule has 0 amide bonds. The molecule has 2 rings (SSSR count). The Balaban J connectivity index is 2.08. The van der Waals surface area contributed by atoms with Crippen molar-refractivity contribution in [1.82, 2.24) is 9.03 Å². The lowest BCUT2D eigenvalue weighted by atomic mass is 9.78. The molecular weight excluding hydrogens is 288 g/mol. The second-order valence-electron chi connectivity index (χ2n) is 7.49. The molecule has 2 fully saturated rings. The SMILES string of the molecule is CC1CCC(CO)(NS(=O)(=O)N2CC(C)CC(C)C2)CC1. The smallest absolute Gasteiger partial charge is 0.280 e. The maximum absolute atomic E-state index is 12.7. The summed E-state index contributed by atoms with van der Waals surface area (Å²) in [7, 11) is -3.51. The normalized spacial score (nSPS) is 39.3. The van der Waals surface area contributed by atoms with Crippen LogP contribution in [0.25, 0.3) is 0 Å². The van der Waals surface area contributed by atoms with Crippen LogP contribution in [0, 0.1) is 17.8 Å². The van der Waals surface area contributed by atoms with Gasteiger partial charge in [-0.3, -0.25) is 0 Å². The molecule has 0 radical (unpaired) electrons. The summed E-state index contributed by atoms with van der Waals surface area (Å²) >= 11 is 0. The fraction of sp³-hybridized carbons (Fsp3) is 1.00. The monoisotopic (exact) mass is 318 g/mol. The first-order valence-corrected chi connectivity index (χ1v) is 9.60. The topological polar surface area (TPSA) is 69.6 Å². The minimum Gasteiger partial charge on any atom is -0.394 e. The van der Waals surface area contributed by atoms with Gasteiger partial charge in [0.15, 0.2) is 0 Å². The molecule has 1 heterocycles. The van der Waals surface area contributed by atoms with Gasteiger partial charge in [-0.05, 0) is 49.9 Å². The Morgan fingerprint density at radius 2 is 1.62 bits per heavy atom. The van der Waals surface area contributed by atoms with E-state index in [1.807, 2.05) is 0 Å². The van der Waals surface area contributed by atoms with Gasteiger partial charge in [0.05, 0.1) is 12.1 Å². The van der Waals surface area contributed by atoms with Gasteiger partial charge < -0.3 is 5.11 Å². The molecule has 0 aromatic carbocycles. The Morgan fingerprint density at radius 3 is 2.10 bits per heavy atom. The first-order chi connectivity index (χ1) is 9.76. The summed E-state index contributed by atoms with van der Waals surface area (Å²) < 4.78 is 29.8. The lowest BCUT2D eigenvalue weighted by Crippen LogP contribution is -2.58. The minimum absolute atomic E-state index is 0.113. The molecule has 1 aliphatic carbocycles. The number of piperidine rings is 1. The van der Waals surface area contributed by atoms with E-state index < -0.39 is 15.7 Å². The van der Waals surface area contributed by atoms with Crippen molar-refractivity contribution >= 4 is 10.2 Å². The van der Waals surface area contributed by atoms with Crippen LogP contribution < -0.4 is 4.72 Å². The summed E-state index contributed by atoms with van der Waals surface area (Å²) in [5, 5.41) is 9.75. The quantitative estimate of drug-likeness (QED) is 0.829. The van der Waals surface area contributed by atoms with Gasteiger partial charge in [0.2, 0.25) is 0 Å². The maximum Gasteiger partial charge on any atom is 0.280 e. The maximum atomic E-state index is 12.7. The van der Waals surface area contributed by atoms with Crippen molar-refractivity contribution in [2.24, 2.45) is 17.8 Å². The summed E-state index contributed by atoms with van der Waals surface area (Å²) in [6.45, 7) is 7.43. The average Bonchev–Trinajstić information content (AvgIpc) is 2.40. The molecule has 1 saturated heterocycles. The summed E-state index contributed by atoms with van der Waals surface area (Å²) in [6.07, 6.45) is 4.46. The number of nitrogens with one attached hydrogen (secondary N) is 1. The molecule has 2 unspecified atom stereocenters. The van der Waals surface area contributed by atoms with Crippen LogP contribution in [0.4, 0.5) is 0 Å². The highest BCUT2D eigenvalue weighted by Gasteiger charge is 2.40. The lowest BCUT2D eigenvalue weighted by Gasteiger charge is -2.41. The molecule has 6 heteroatoms. The van der Waals surface area contributed by atoms with Gasteiger partial charge in [-0.25, -0.2) is 0 Å². The zero-order chi connectivity index (χ0) is 15.7. The van der Waals surface area contributed by atoms with Crippen LogP contribution >= 0.6 is 0 Å². The molecular formula is C15H30N2O3S. The van der Waals surface area contributed by atoms with Crippen molar-refractivity contribution in [2.45, 2.75) is 58.4 Å². The van der Waals surface area contributed by atoms with Crippen molar-refractivity contribution in [1.29, 1.82) is 0 Å². The molecule has 2 aliphatic rings. The van der Waals surface area contributed by atoms with Gasteiger partial charge in [-0.2, -0.15) is 17.4 Å². The van der Waals surface area contributed by atoms with E-state index in [1.165, 1.54) is 0 Å². The third-order valence-electron chi connectivity index (χ3n) is 5.05. The highest BCUT2D eigenvalue weighted by atomic mass is 32.2. The van der Waals surface area contributed by atoms with E-state index in [1.54, 1.807) is 4.31 Å². The molecule has 2 atom stereocenters. The van der Waals surface area contributed by atoms with Gasteiger partial charge >= 0.3 is 0 Å². The van der Waals surface area contributed by atoms with Crippen molar-refractivity contribution in [3.05, 3.63) is 0 Å². The molecule has 0 aromatic rings. The Bertz CT molecular complexity index is 434. The molecule has 5 nitrogen and oxygen atoms in total. The van der Waals surface area contributed by atoms with E-state index in [4.69, 9.17) is 0 Å². The van der Waals surface area contributed by atoms with Gasteiger partial charge in [0.25, 0.3) is 10.2 Å². The Kier molecular flexibility index (Phi) is 5.34. The van der Waals surface area contributed by atoms with Crippen molar-refractivity contribution in [3.8, 4) is 0 Å². The zero-order valence-electron chi connectivity index (χ0n) is 13.5. The molecule has 1 saturated carbocycles. The second kappa shape index (κ2) is 6.52. The number of hydrogen-bond acceptors (Lipinski definition) is 3. The van der Waals surface area contributed by atoms with Crippen LogP contribution in [-0.4, -0.2) is 43.1 Å². The largest absolute Gasteiger partial charge is 0.394 e.